The summed E-state index contributed by atoms with van der Waals surface area (Å²) >= 11 is 5.90. The first-order valence-electron chi connectivity index (χ1n) is 2.76. The molecule has 0 aliphatic heterocycles. The van der Waals surface area contributed by atoms with E-state index in [2.05, 4.69) is 13.8 Å². The smallest absolute Gasteiger partial charge is 0.147 e. The zero-order valence-electron chi connectivity index (χ0n) is 5.49. The van der Waals surface area contributed by atoms with Gasteiger partial charge >= 0.3 is 0 Å². The quantitative estimate of drug-likeness (QED) is 0.499. The summed E-state index contributed by atoms with van der Waals surface area (Å²) in [5.74, 6) is 0. The van der Waals surface area contributed by atoms with E-state index in [9.17, 15) is 0 Å². The second-order valence-electron chi connectivity index (χ2n) is 2.99. The summed E-state index contributed by atoms with van der Waals surface area (Å²) in [6.07, 6.45) is 0.970. The maximum Gasteiger partial charge on any atom is 0.147 e. The Bertz CT molecular complexity index is 111. The van der Waals surface area contributed by atoms with Gasteiger partial charge in [-0.2, -0.15) is 0 Å². The van der Waals surface area contributed by atoms with Crippen LogP contribution in [0.25, 0.3) is 0 Å². The molecule has 1 fully saturated rings. The molecule has 1 nitrogen and oxygen atoms in total. The number of hydrogen-bond acceptors (Lipinski definition) is 1. The molecule has 2 heteroatoms. The van der Waals surface area contributed by atoms with Crippen molar-refractivity contribution in [3.05, 3.63) is 0 Å². The van der Waals surface area contributed by atoms with Crippen LogP contribution in [0.15, 0.2) is 0 Å². The minimum Gasteiger partial charge on any atom is -0.362 e. The topological polar surface area (TPSA) is 9.23 Å². The highest BCUT2D eigenvalue weighted by Gasteiger charge is 2.61. The van der Waals surface area contributed by atoms with Gasteiger partial charge < -0.3 is 4.74 Å². The molecule has 1 atom stereocenters. The summed E-state index contributed by atoms with van der Waals surface area (Å²) in [6, 6.07) is 0. The summed E-state index contributed by atoms with van der Waals surface area (Å²) in [7, 11) is 1.65. The van der Waals surface area contributed by atoms with Crippen LogP contribution in [0.2, 0.25) is 0 Å². The Morgan fingerprint density at radius 1 is 1.50 bits per heavy atom. The van der Waals surface area contributed by atoms with Crippen LogP contribution in [-0.2, 0) is 4.74 Å². The molecule has 0 spiro atoms. The zero-order valence-corrected chi connectivity index (χ0v) is 6.25. The number of rotatable bonds is 1. The monoisotopic (exact) mass is 134 g/mol. The van der Waals surface area contributed by atoms with E-state index >= 15 is 0 Å². The van der Waals surface area contributed by atoms with E-state index < -0.39 is 0 Å². The van der Waals surface area contributed by atoms with E-state index in [1.165, 1.54) is 0 Å². The molecule has 1 aliphatic rings. The molecule has 0 saturated heterocycles. The van der Waals surface area contributed by atoms with Gasteiger partial charge in [0.25, 0.3) is 0 Å². The fourth-order valence-electron chi connectivity index (χ4n) is 0.873. The van der Waals surface area contributed by atoms with Crippen molar-refractivity contribution >= 4 is 11.6 Å². The molecule has 0 bridgehead atoms. The summed E-state index contributed by atoms with van der Waals surface area (Å²) in [4.78, 5) is 0. The van der Waals surface area contributed by atoms with Crippen LogP contribution < -0.4 is 0 Å². The highest BCUT2D eigenvalue weighted by Crippen LogP contribution is 2.60. The van der Waals surface area contributed by atoms with Crippen LogP contribution in [-0.4, -0.2) is 12.2 Å². The number of ether oxygens (including phenoxy) is 1. The van der Waals surface area contributed by atoms with Crippen molar-refractivity contribution in [3.63, 3.8) is 0 Å². The first kappa shape index (κ1) is 6.37. The highest BCUT2D eigenvalue weighted by atomic mass is 35.5. The maximum atomic E-state index is 5.90. The van der Waals surface area contributed by atoms with E-state index in [1.807, 2.05) is 0 Å². The zero-order chi connectivity index (χ0) is 6.41. The van der Waals surface area contributed by atoms with E-state index in [0.29, 0.717) is 0 Å². The minimum absolute atomic E-state index is 0.198. The molecule has 0 N–H and O–H groups in total. The number of halogens is 1. The second-order valence-corrected chi connectivity index (χ2v) is 3.60. The van der Waals surface area contributed by atoms with Crippen molar-refractivity contribution in [2.45, 2.75) is 25.3 Å². The molecule has 48 valence electrons. The van der Waals surface area contributed by atoms with Crippen LogP contribution in [0.5, 0.6) is 0 Å². The van der Waals surface area contributed by atoms with Crippen molar-refractivity contribution in [2.24, 2.45) is 5.41 Å². The van der Waals surface area contributed by atoms with Gasteiger partial charge in [0, 0.05) is 18.9 Å². The van der Waals surface area contributed by atoms with Crippen molar-refractivity contribution < 1.29 is 4.74 Å². The molecule has 1 rings (SSSR count). The Morgan fingerprint density at radius 3 is 1.88 bits per heavy atom. The lowest BCUT2D eigenvalue weighted by Gasteiger charge is -2.08. The second kappa shape index (κ2) is 1.39. The lowest BCUT2D eigenvalue weighted by atomic mass is 10.2. The van der Waals surface area contributed by atoms with Gasteiger partial charge in [0.05, 0.1) is 0 Å². The molecule has 0 aromatic carbocycles. The van der Waals surface area contributed by atoms with Gasteiger partial charge in [0.2, 0.25) is 0 Å². The van der Waals surface area contributed by atoms with Crippen molar-refractivity contribution in [1.82, 2.24) is 0 Å². The molecule has 0 aromatic heterocycles. The summed E-state index contributed by atoms with van der Waals surface area (Å²) in [5, 5.41) is -0.340. The third-order valence-corrected chi connectivity index (χ3v) is 2.68. The average molecular weight is 135 g/mol. The molecule has 1 saturated carbocycles. The number of hydrogen-bond donors (Lipinski definition) is 0. The van der Waals surface area contributed by atoms with Crippen LogP contribution in [0.1, 0.15) is 20.3 Å². The molecule has 0 aromatic rings. The molecule has 0 radical (unpaired) electrons. The third-order valence-electron chi connectivity index (χ3n) is 1.88. The number of methoxy groups -OCH3 is 1. The largest absolute Gasteiger partial charge is 0.362 e. The van der Waals surface area contributed by atoms with Gasteiger partial charge in [-0.15, -0.1) is 0 Å². The van der Waals surface area contributed by atoms with Crippen LogP contribution in [0, 0.1) is 5.41 Å². The number of alkyl halides is 1. The highest BCUT2D eigenvalue weighted by molar-refractivity contribution is 6.25. The molecule has 8 heavy (non-hydrogen) atoms. The van der Waals surface area contributed by atoms with Gasteiger partial charge in [-0.25, -0.2) is 0 Å². The Morgan fingerprint density at radius 2 is 1.88 bits per heavy atom. The molecule has 0 amide bonds. The van der Waals surface area contributed by atoms with Gasteiger partial charge in [-0.3, -0.25) is 0 Å². The first-order valence-corrected chi connectivity index (χ1v) is 3.14. The van der Waals surface area contributed by atoms with Gasteiger partial charge in [0.1, 0.15) is 5.06 Å². The normalized spacial score (nSPS) is 42.0. The molecular formula is C6H11ClO. The Kier molecular flexibility index (Phi) is 1.11. The Labute approximate surface area is 55.0 Å². The van der Waals surface area contributed by atoms with Crippen molar-refractivity contribution in [3.8, 4) is 0 Å². The summed E-state index contributed by atoms with van der Waals surface area (Å²) in [6.45, 7) is 4.20. The van der Waals surface area contributed by atoms with E-state index in [0.717, 1.165) is 6.42 Å². The lowest BCUT2D eigenvalue weighted by Crippen LogP contribution is -2.09. The lowest BCUT2D eigenvalue weighted by molar-refractivity contribution is 0.118. The van der Waals surface area contributed by atoms with Crippen molar-refractivity contribution in [2.75, 3.05) is 7.11 Å². The van der Waals surface area contributed by atoms with Crippen molar-refractivity contribution in [1.29, 1.82) is 0 Å². The first-order chi connectivity index (χ1) is 3.52. The summed E-state index contributed by atoms with van der Waals surface area (Å²) in [5.41, 5.74) is 0.198. The van der Waals surface area contributed by atoms with Gasteiger partial charge in [0.15, 0.2) is 0 Å². The molecular weight excluding hydrogens is 124 g/mol. The van der Waals surface area contributed by atoms with E-state index in [4.69, 9.17) is 16.3 Å². The van der Waals surface area contributed by atoms with Crippen LogP contribution in [0.4, 0.5) is 0 Å². The fraction of sp³-hybridized carbons (Fsp3) is 1.00. The Balaban J connectivity index is 2.55. The summed E-state index contributed by atoms with van der Waals surface area (Å²) < 4.78 is 5.03. The minimum atomic E-state index is -0.340. The fourth-order valence-corrected chi connectivity index (χ4v) is 1.21. The van der Waals surface area contributed by atoms with E-state index in [-0.39, 0.29) is 10.5 Å². The third kappa shape index (κ3) is 0.652. The molecule has 0 heterocycles. The standard InChI is InChI=1S/C6H11ClO/c1-5(2)4-6(5,7)8-3/h4H2,1-3H3. The van der Waals surface area contributed by atoms with Gasteiger partial charge in [-0.05, 0) is 0 Å². The molecule has 1 unspecified atom stereocenters. The maximum absolute atomic E-state index is 5.90. The van der Waals surface area contributed by atoms with Crippen LogP contribution in [0.3, 0.4) is 0 Å². The predicted octanol–water partition coefficient (Wildman–Crippen LogP) is 2.00. The van der Waals surface area contributed by atoms with E-state index in [1.54, 1.807) is 7.11 Å². The Hall–Kier alpha value is 0.250. The van der Waals surface area contributed by atoms with Crippen LogP contribution >= 0.6 is 11.6 Å². The SMILES string of the molecule is COC1(Cl)CC1(C)C. The van der Waals surface area contributed by atoms with Gasteiger partial charge in [-0.1, -0.05) is 25.4 Å². The predicted molar refractivity (Wildman–Crippen MR) is 34.0 cm³/mol. The molecule has 1 aliphatic carbocycles. The average Bonchev–Trinajstić information content (AvgIpc) is 2.10.